The van der Waals surface area contributed by atoms with Crippen molar-refractivity contribution in [3.8, 4) is 0 Å². The van der Waals surface area contributed by atoms with Gasteiger partial charge in [0.25, 0.3) is 0 Å². The van der Waals surface area contributed by atoms with E-state index in [1.807, 2.05) is 13.8 Å². The lowest BCUT2D eigenvalue weighted by Gasteiger charge is -2.14. The maximum absolute atomic E-state index is 12.3. The molecule has 0 spiro atoms. The van der Waals surface area contributed by atoms with Crippen molar-refractivity contribution in [1.82, 2.24) is 10.2 Å². The van der Waals surface area contributed by atoms with Crippen molar-refractivity contribution in [1.29, 1.82) is 0 Å². The lowest BCUT2D eigenvalue weighted by molar-refractivity contribution is -0.141. The maximum atomic E-state index is 12.3. The molecular formula is C11H13F3N2O2. The number of carbonyl (C=O) groups is 1. The molecule has 4 nitrogen and oxygen atoms in total. The van der Waals surface area contributed by atoms with Gasteiger partial charge >= 0.3 is 12.1 Å². The van der Waals surface area contributed by atoms with Crippen molar-refractivity contribution in [3.05, 3.63) is 23.5 Å². The Morgan fingerprint density at radius 2 is 1.94 bits per heavy atom. The summed E-state index contributed by atoms with van der Waals surface area (Å²) in [5.74, 6) is -1.95. The number of carboxylic acid groups (broad SMARTS) is 1. The van der Waals surface area contributed by atoms with E-state index in [2.05, 4.69) is 10.2 Å². The van der Waals surface area contributed by atoms with Gasteiger partial charge in [-0.3, -0.25) is 4.79 Å². The third-order valence-corrected chi connectivity index (χ3v) is 2.34. The molecule has 0 saturated carbocycles. The molecule has 1 aromatic heterocycles. The highest BCUT2D eigenvalue weighted by Crippen LogP contribution is 2.28. The molecule has 0 saturated heterocycles. The van der Waals surface area contributed by atoms with Gasteiger partial charge in [-0.05, 0) is 24.5 Å². The van der Waals surface area contributed by atoms with Gasteiger partial charge < -0.3 is 5.11 Å². The monoisotopic (exact) mass is 262 g/mol. The quantitative estimate of drug-likeness (QED) is 0.906. The number of aliphatic carboxylic acids is 1. The average Bonchev–Trinajstić information content (AvgIpc) is 2.24. The van der Waals surface area contributed by atoms with E-state index in [1.165, 1.54) is 0 Å². The normalized spacial score (nSPS) is 13.7. The number of halogens is 3. The molecule has 0 radical (unpaired) electrons. The van der Waals surface area contributed by atoms with Crippen LogP contribution >= 0.6 is 0 Å². The van der Waals surface area contributed by atoms with Gasteiger partial charge in [0.15, 0.2) is 5.69 Å². The Hall–Kier alpha value is -1.66. The van der Waals surface area contributed by atoms with Gasteiger partial charge in [0.05, 0.1) is 5.69 Å². The minimum Gasteiger partial charge on any atom is -0.481 e. The summed E-state index contributed by atoms with van der Waals surface area (Å²) in [7, 11) is 0. The number of alkyl halides is 3. The summed E-state index contributed by atoms with van der Waals surface area (Å²) in [6.45, 7) is 3.65. The van der Waals surface area contributed by atoms with Crippen LogP contribution in [-0.4, -0.2) is 21.3 Å². The van der Waals surface area contributed by atoms with Gasteiger partial charge in [-0.1, -0.05) is 13.8 Å². The molecular weight excluding hydrogens is 249 g/mol. The molecule has 0 aliphatic carbocycles. The van der Waals surface area contributed by atoms with E-state index in [9.17, 15) is 18.0 Å². The molecule has 0 aliphatic heterocycles. The number of hydrogen-bond donors (Lipinski definition) is 1. The van der Waals surface area contributed by atoms with Crippen molar-refractivity contribution < 1.29 is 23.1 Å². The fourth-order valence-corrected chi connectivity index (χ4v) is 1.50. The zero-order chi connectivity index (χ0) is 13.9. The van der Waals surface area contributed by atoms with E-state index in [1.54, 1.807) is 0 Å². The van der Waals surface area contributed by atoms with Crippen LogP contribution in [0, 0.1) is 5.92 Å². The highest BCUT2D eigenvalue weighted by Gasteiger charge is 2.33. The number of aromatic nitrogens is 2. The van der Waals surface area contributed by atoms with Crippen LogP contribution in [-0.2, 0) is 11.0 Å². The Balaban J connectivity index is 2.98. The van der Waals surface area contributed by atoms with E-state index in [-0.39, 0.29) is 11.6 Å². The van der Waals surface area contributed by atoms with Crippen molar-refractivity contribution in [2.75, 3.05) is 0 Å². The maximum Gasteiger partial charge on any atom is 0.435 e. The first-order valence-electron chi connectivity index (χ1n) is 5.35. The van der Waals surface area contributed by atoms with Gasteiger partial charge in [0.2, 0.25) is 0 Å². The Bertz CT molecular complexity index is 415. The molecule has 100 valence electrons. The Labute approximate surface area is 102 Å². The summed E-state index contributed by atoms with van der Waals surface area (Å²) >= 11 is 0. The molecule has 7 heteroatoms. The molecule has 1 heterocycles. The predicted octanol–water partition coefficient (Wildman–Crippen LogP) is 2.71. The fraction of sp³-hybridized carbons (Fsp3) is 0.545. The van der Waals surface area contributed by atoms with Crippen LogP contribution in [0.5, 0.6) is 0 Å². The second kappa shape index (κ2) is 5.32. The number of rotatable bonds is 4. The van der Waals surface area contributed by atoms with Gasteiger partial charge in [0.1, 0.15) is 5.92 Å². The van der Waals surface area contributed by atoms with Crippen LogP contribution in [0.4, 0.5) is 13.2 Å². The summed E-state index contributed by atoms with van der Waals surface area (Å²) in [6, 6.07) is 1.82. The first kappa shape index (κ1) is 14.4. The Kier molecular flexibility index (Phi) is 4.26. The number of hydrogen-bond acceptors (Lipinski definition) is 3. The molecule has 0 aromatic carbocycles. The van der Waals surface area contributed by atoms with Crippen LogP contribution in [0.25, 0.3) is 0 Å². The van der Waals surface area contributed by atoms with E-state index < -0.39 is 23.8 Å². The molecule has 18 heavy (non-hydrogen) atoms. The van der Waals surface area contributed by atoms with Gasteiger partial charge in [0, 0.05) is 0 Å². The lowest BCUT2D eigenvalue weighted by Crippen LogP contribution is -2.17. The average molecular weight is 262 g/mol. The lowest BCUT2D eigenvalue weighted by atomic mass is 9.94. The molecule has 1 rings (SSSR count). The predicted molar refractivity (Wildman–Crippen MR) is 56.9 cm³/mol. The molecule has 0 aliphatic rings. The van der Waals surface area contributed by atoms with Crippen LogP contribution in [0.15, 0.2) is 12.1 Å². The SMILES string of the molecule is CC(C)CC(C(=O)O)c1ccc(C(F)(F)F)nn1. The number of nitrogens with zero attached hydrogens (tertiary/aromatic N) is 2. The molecule has 1 N–H and O–H groups in total. The topological polar surface area (TPSA) is 63.1 Å². The minimum absolute atomic E-state index is 0.0456. The zero-order valence-corrected chi connectivity index (χ0v) is 9.90. The largest absolute Gasteiger partial charge is 0.481 e. The molecule has 0 amide bonds. The van der Waals surface area contributed by atoms with Gasteiger partial charge in [-0.25, -0.2) is 0 Å². The van der Waals surface area contributed by atoms with Crippen molar-refractivity contribution in [2.24, 2.45) is 5.92 Å². The first-order valence-corrected chi connectivity index (χ1v) is 5.35. The third-order valence-electron chi connectivity index (χ3n) is 2.34. The Morgan fingerprint density at radius 3 is 2.28 bits per heavy atom. The summed E-state index contributed by atoms with van der Waals surface area (Å²) in [4.78, 5) is 11.0. The summed E-state index contributed by atoms with van der Waals surface area (Å²) in [5, 5.41) is 15.4. The summed E-state index contributed by atoms with van der Waals surface area (Å²) < 4.78 is 36.8. The van der Waals surface area contributed by atoms with Gasteiger partial charge in [-0.2, -0.15) is 18.3 Å². The zero-order valence-electron chi connectivity index (χ0n) is 9.90. The van der Waals surface area contributed by atoms with Gasteiger partial charge in [-0.15, -0.1) is 5.10 Å². The van der Waals surface area contributed by atoms with Crippen LogP contribution < -0.4 is 0 Å². The van der Waals surface area contributed by atoms with E-state index in [4.69, 9.17) is 5.11 Å². The summed E-state index contributed by atoms with van der Waals surface area (Å²) in [6.07, 6.45) is -4.27. The second-order valence-electron chi connectivity index (χ2n) is 4.36. The standard InChI is InChI=1S/C11H13F3N2O2/c1-6(2)5-7(10(17)18)8-3-4-9(16-15-8)11(12,13)14/h3-4,6-7H,5H2,1-2H3,(H,17,18). The highest BCUT2D eigenvalue weighted by atomic mass is 19.4. The third kappa shape index (κ3) is 3.68. The van der Waals surface area contributed by atoms with Crippen molar-refractivity contribution in [3.63, 3.8) is 0 Å². The van der Waals surface area contributed by atoms with Crippen LogP contribution in [0.3, 0.4) is 0 Å². The molecule has 1 atom stereocenters. The second-order valence-corrected chi connectivity index (χ2v) is 4.36. The van der Waals surface area contributed by atoms with Crippen LogP contribution in [0.1, 0.15) is 37.6 Å². The van der Waals surface area contributed by atoms with Crippen molar-refractivity contribution >= 4 is 5.97 Å². The highest BCUT2D eigenvalue weighted by molar-refractivity contribution is 5.75. The minimum atomic E-state index is -4.57. The van der Waals surface area contributed by atoms with Crippen LogP contribution in [0.2, 0.25) is 0 Å². The van der Waals surface area contributed by atoms with E-state index in [0.717, 1.165) is 12.1 Å². The van der Waals surface area contributed by atoms with E-state index in [0.29, 0.717) is 6.42 Å². The smallest absolute Gasteiger partial charge is 0.435 e. The molecule has 1 unspecified atom stereocenters. The molecule has 1 aromatic rings. The van der Waals surface area contributed by atoms with Crippen molar-refractivity contribution in [2.45, 2.75) is 32.4 Å². The fourth-order valence-electron chi connectivity index (χ4n) is 1.50. The Morgan fingerprint density at radius 1 is 1.33 bits per heavy atom. The number of carboxylic acids is 1. The van der Waals surface area contributed by atoms with E-state index >= 15 is 0 Å². The first-order chi connectivity index (χ1) is 8.21. The summed E-state index contributed by atoms with van der Waals surface area (Å²) in [5.41, 5.74) is -1.08. The molecule has 0 bridgehead atoms. The molecule has 0 fully saturated rings.